The summed E-state index contributed by atoms with van der Waals surface area (Å²) in [4.78, 5) is 10.8. The van der Waals surface area contributed by atoms with Crippen LogP contribution >= 0.6 is 0 Å². The zero-order valence-corrected chi connectivity index (χ0v) is 8.55. The molecular formula is C10H14N2O2. The predicted molar refractivity (Wildman–Crippen MR) is 56.4 cm³/mol. The maximum absolute atomic E-state index is 10.8. The standard InChI is InChI=1S/C10H14N2O2/c1-6-4-10(14-3)8(11)5-9(6)12-7(2)13/h4-5H,11H2,1-3H3,(H,12,13). The van der Waals surface area contributed by atoms with E-state index in [0.29, 0.717) is 11.4 Å². The molecule has 0 fully saturated rings. The third kappa shape index (κ3) is 2.16. The molecule has 0 radical (unpaired) electrons. The van der Waals surface area contributed by atoms with Gasteiger partial charge in [-0.15, -0.1) is 0 Å². The van der Waals surface area contributed by atoms with Crippen LogP contribution in [0, 0.1) is 6.92 Å². The average molecular weight is 194 g/mol. The van der Waals surface area contributed by atoms with E-state index >= 15 is 0 Å². The summed E-state index contributed by atoms with van der Waals surface area (Å²) in [6.07, 6.45) is 0. The summed E-state index contributed by atoms with van der Waals surface area (Å²) >= 11 is 0. The van der Waals surface area contributed by atoms with Gasteiger partial charge in [-0.25, -0.2) is 0 Å². The SMILES string of the molecule is COc1cc(C)c(NC(C)=O)cc1N. The minimum atomic E-state index is -0.113. The Bertz CT molecular complexity index is 361. The zero-order chi connectivity index (χ0) is 10.7. The lowest BCUT2D eigenvalue weighted by atomic mass is 10.1. The van der Waals surface area contributed by atoms with Crippen molar-refractivity contribution in [2.24, 2.45) is 0 Å². The third-order valence-corrected chi connectivity index (χ3v) is 1.89. The van der Waals surface area contributed by atoms with Crippen molar-refractivity contribution in [2.45, 2.75) is 13.8 Å². The van der Waals surface area contributed by atoms with E-state index in [4.69, 9.17) is 10.5 Å². The lowest BCUT2D eigenvalue weighted by Gasteiger charge is -2.10. The number of carbonyl (C=O) groups excluding carboxylic acids is 1. The molecule has 3 N–H and O–H groups in total. The lowest BCUT2D eigenvalue weighted by molar-refractivity contribution is -0.114. The largest absolute Gasteiger partial charge is 0.495 e. The number of ether oxygens (including phenoxy) is 1. The molecule has 4 nitrogen and oxygen atoms in total. The van der Waals surface area contributed by atoms with Crippen LogP contribution in [0.1, 0.15) is 12.5 Å². The number of rotatable bonds is 2. The van der Waals surface area contributed by atoms with Crippen LogP contribution in [0.15, 0.2) is 12.1 Å². The minimum Gasteiger partial charge on any atom is -0.495 e. The fourth-order valence-electron chi connectivity index (χ4n) is 1.20. The van der Waals surface area contributed by atoms with E-state index in [2.05, 4.69) is 5.32 Å². The molecule has 4 heteroatoms. The van der Waals surface area contributed by atoms with Crippen LogP contribution in [0.4, 0.5) is 11.4 Å². The van der Waals surface area contributed by atoms with Gasteiger partial charge < -0.3 is 15.8 Å². The first-order valence-corrected chi connectivity index (χ1v) is 4.26. The summed E-state index contributed by atoms with van der Waals surface area (Å²) in [5, 5.41) is 2.69. The molecule has 0 saturated heterocycles. The maximum Gasteiger partial charge on any atom is 0.221 e. The number of methoxy groups -OCH3 is 1. The fraction of sp³-hybridized carbons (Fsp3) is 0.300. The Morgan fingerprint density at radius 1 is 1.50 bits per heavy atom. The number of carbonyl (C=O) groups is 1. The van der Waals surface area contributed by atoms with Gasteiger partial charge in [0.25, 0.3) is 0 Å². The van der Waals surface area contributed by atoms with Crippen LogP contribution in [0.25, 0.3) is 0 Å². The van der Waals surface area contributed by atoms with Gasteiger partial charge in [-0.05, 0) is 24.6 Å². The number of hydrogen-bond acceptors (Lipinski definition) is 3. The second kappa shape index (κ2) is 4.00. The highest BCUT2D eigenvalue weighted by atomic mass is 16.5. The monoisotopic (exact) mass is 194 g/mol. The summed E-state index contributed by atoms with van der Waals surface area (Å²) in [5.41, 5.74) is 7.86. The number of anilines is 2. The maximum atomic E-state index is 10.8. The van der Waals surface area contributed by atoms with Crippen molar-refractivity contribution < 1.29 is 9.53 Å². The number of benzene rings is 1. The van der Waals surface area contributed by atoms with Gasteiger partial charge in [-0.1, -0.05) is 0 Å². The van der Waals surface area contributed by atoms with Gasteiger partial charge in [0.05, 0.1) is 12.8 Å². The summed E-state index contributed by atoms with van der Waals surface area (Å²) in [7, 11) is 1.56. The van der Waals surface area contributed by atoms with E-state index in [1.807, 2.05) is 6.92 Å². The summed E-state index contributed by atoms with van der Waals surface area (Å²) < 4.78 is 5.05. The van der Waals surface area contributed by atoms with Gasteiger partial charge in [-0.3, -0.25) is 4.79 Å². The molecule has 14 heavy (non-hydrogen) atoms. The summed E-state index contributed by atoms with van der Waals surface area (Å²) in [6, 6.07) is 3.48. The molecule has 0 saturated carbocycles. The normalized spacial score (nSPS) is 9.64. The second-order valence-electron chi connectivity index (χ2n) is 3.09. The van der Waals surface area contributed by atoms with Gasteiger partial charge >= 0.3 is 0 Å². The van der Waals surface area contributed by atoms with Crippen molar-refractivity contribution in [3.63, 3.8) is 0 Å². The molecule has 0 aliphatic rings. The zero-order valence-electron chi connectivity index (χ0n) is 8.55. The first kappa shape index (κ1) is 10.4. The third-order valence-electron chi connectivity index (χ3n) is 1.89. The molecular weight excluding hydrogens is 180 g/mol. The van der Waals surface area contributed by atoms with Gasteiger partial charge in [0, 0.05) is 12.6 Å². The quantitative estimate of drug-likeness (QED) is 0.702. The number of nitrogens with one attached hydrogen (secondary N) is 1. The van der Waals surface area contributed by atoms with E-state index < -0.39 is 0 Å². The highest BCUT2D eigenvalue weighted by Gasteiger charge is 2.05. The van der Waals surface area contributed by atoms with Crippen molar-refractivity contribution in [3.8, 4) is 5.75 Å². The molecule has 0 spiro atoms. The van der Waals surface area contributed by atoms with Crippen molar-refractivity contribution in [3.05, 3.63) is 17.7 Å². The highest BCUT2D eigenvalue weighted by Crippen LogP contribution is 2.28. The number of amides is 1. The average Bonchev–Trinajstić information content (AvgIpc) is 2.10. The van der Waals surface area contributed by atoms with E-state index in [9.17, 15) is 4.79 Å². The second-order valence-corrected chi connectivity index (χ2v) is 3.09. The lowest BCUT2D eigenvalue weighted by Crippen LogP contribution is -2.08. The summed E-state index contributed by atoms with van der Waals surface area (Å²) in [6.45, 7) is 3.34. The summed E-state index contributed by atoms with van der Waals surface area (Å²) in [5.74, 6) is 0.509. The molecule has 76 valence electrons. The van der Waals surface area contributed by atoms with Crippen molar-refractivity contribution in [1.29, 1.82) is 0 Å². The van der Waals surface area contributed by atoms with E-state index in [-0.39, 0.29) is 5.91 Å². The number of nitrogen functional groups attached to an aromatic ring is 1. The van der Waals surface area contributed by atoms with Gasteiger partial charge in [-0.2, -0.15) is 0 Å². The first-order chi connectivity index (χ1) is 6.54. The fourth-order valence-corrected chi connectivity index (χ4v) is 1.20. The van der Waals surface area contributed by atoms with Crippen LogP contribution in [-0.2, 0) is 4.79 Å². The number of hydrogen-bond donors (Lipinski definition) is 2. The number of nitrogens with two attached hydrogens (primary N) is 1. The van der Waals surface area contributed by atoms with Crippen molar-refractivity contribution >= 4 is 17.3 Å². The Kier molecular flexibility index (Phi) is 2.96. The molecule has 1 aromatic rings. The topological polar surface area (TPSA) is 64.3 Å². The van der Waals surface area contributed by atoms with Crippen LogP contribution < -0.4 is 15.8 Å². The van der Waals surface area contributed by atoms with E-state index in [1.165, 1.54) is 6.92 Å². The Morgan fingerprint density at radius 3 is 2.64 bits per heavy atom. The molecule has 0 aliphatic carbocycles. The minimum absolute atomic E-state index is 0.113. The van der Waals surface area contributed by atoms with Crippen LogP contribution in [-0.4, -0.2) is 13.0 Å². The molecule has 1 rings (SSSR count). The smallest absolute Gasteiger partial charge is 0.221 e. The molecule has 0 atom stereocenters. The molecule has 1 aromatic carbocycles. The molecule has 0 heterocycles. The Balaban J connectivity index is 3.08. The van der Waals surface area contributed by atoms with Crippen molar-refractivity contribution in [1.82, 2.24) is 0 Å². The van der Waals surface area contributed by atoms with Crippen LogP contribution in [0.2, 0.25) is 0 Å². The van der Waals surface area contributed by atoms with Gasteiger partial charge in [0.2, 0.25) is 5.91 Å². The molecule has 0 bridgehead atoms. The Labute approximate surface area is 83.1 Å². The van der Waals surface area contributed by atoms with E-state index in [1.54, 1.807) is 19.2 Å². The number of aryl methyl sites for hydroxylation is 1. The predicted octanol–water partition coefficient (Wildman–Crippen LogP) is 1.54. The van der Waals surface area contributed by atoms with Gasteiger partial charge in [0.1, 0.15) is 5.75 Å². The highest BCUT2D eigenvalue weighted by molar-refractivity contribution is 5.90. The van der Waals surface area contributed by atoms with E-state index in [0.717, 1.165) is 11.3 Å². The Morgan fingerprint density at radius 2 is 2.14 bits per heavy atom. The van der Waals surface area contributed by atoms with Crippen LogP contribution in [0.3, 0.4) is 0 Å². The van der Waals surface area contributed by atoms with Crippen molar-refractivity contribution in [2.75, 3.05) is 18.2 Å². The molecule has 0 aliphatic heterocycles. The van der Waals surface area contributed by atoms with Crippen LogP contribution in [0.5, 0.6) is 5.75 Å². The molecule has 1 amide bonds. The molecule has 0 aromatic heterocycles. The van der Waals surface area contributed by atoms with Gasteiger partial charge in [0.15, 0.2) is 0 Å². The first-order valence-electron chi connectivity index (χ1n) is 4.26. The molecule has 0 unspecified atom stereocenters. The Hall–Kier alpha value is -1.71.